The smallest absolute Gasteiger partial charge is 0.159 e. The summed E-state index contributed by atoms with van der Waals surface area (Å²) in [7, 11) is 0. The molecule has 92 valence electrons. The van der Waals surface area contributed by atoms with Crippen LogP contribution in [0.15, 0.2) is 36.4 Å². The molecular formula is C15H13F2N. The van der Waals surface area contributed by atoms with Crippen molar-refractivity contribution in [1.82, 2.24) is 0 Å². The molecule has 1 aliphatic heterocycles. The van der Waals surface area contributed by atoms with Crippen molar-refractivity contribution in [3.8, 4) is 0 Å². The predicted octanol–water partition coefficient (Wildman–Crippen LogP) is 3.98. The van der Waals surface area contributed by atoms with Crippen molar-refractivity contribution >= 4 is 5.69 Å². The van der Waals surface area contributed by atoms with Crippen LogP contribution in [0.2, 0.25) is 0 Å². The topological polar surface area (TPSA) is 12.0 Å². The minimum Gasteiger partial charge on any atom is -0.378 e. The van der Waals surface area contributed by atoms with E-state index in [0.29, 0.717) is 0 Å². The molecule has 0 aromatic heterocycles. The van der Waals surface area contributed by atoms with E-state index in [2.05, 4.69) is 11.4 Å². The number of anilines is 1. The Morgan fingerprint density at radius 2 is 1.89 bits per heavy atom. The van der Waals surface area contributed by atoms with Gasteiger partial charge < -0.3 is 5.32 Å². The van der Waals surface area contributed by atoms with Crippen LogP contribution in [0.3, 0.4) is 0 Å². The van der Waals surface area contributed by atoms with E-state index < -0.39 is 11.6 Å². The lowest BCUT2D eigenvalue weighted by atomic mass is 10.0. The average Bonchev–Trinajstić information content (AvgIpc) is 2.75. The summed E-state index contributed by atoms with van der Waals surface area (Å²) in [5, 5.41) is 3.34. The zero-order valence-electron chi connectivity index (χ0n) is 10.0. The number of aryl methyl sites for hydroxylation is 1. The Hall–Kier alpha value is -1.90. The van der Waals surface area contributed by atoms with E-state index in [1.54, 1.807) is 6.07 Å². The molecule has 0 radical (unpaired) electrons. The molecule has 0 fully saturated rings. The molecule has 0 amide bonds. The van der Waals surface area contributed by atoms with Crippen molar-refractivity contribution in [2.75, 3.05) is 5.32 Å². The highest BCUT2D eigenvalue weighted by atomic mass is 19.2. The van der Waals surface area contributed by atoms with Crippen LogP contribution in [0.1, 0.15) is 22.7 Å². The molecule has 0 saturated heterocycles. The van der Waals surface area contributed by atoms with Crippen molar-refractivity contribution in [2.24, 2.45) is 0 Å². The summed E-state index contributed by atoms with van der Waals surface area (Å²) in [5.74, 6) is -1.59. The fourth-order valence-electron chi connectivity index (χ4n) is 2.42. The molecule has 2 aromatic rings. The summed E-state index contributed by atoms with van der Waals surface area (Å²) in [4.78, 5) is 0. The number of halogens is 2. The van der Waals surface area contributed by atoms with Gasteiger partial charge in [0.1, 0.15) is 0 Å². The first-order valence-corrected chi connectivity index (χ1v) is 5.94. The van der Waals surface area contributed by atoms with Crippen LogP contribution in [0.4, 0.5) is 14.5 Å². The lowest BCUT2D eigenvalue weighted by molar-refractivity contribution is 0.506. The van der Waals surface area contributed by atoms with Crippen LogP contribution in [-0.4, -0.2) is 0 Å². The van der Waals surface area contributed by atoms with Gasteiger partial charge in [0.25, 0.3) is 0 Å². The minimum atomic E-state index is -0.801. The van der Waals surface area contributed by atoms with E-state index in [9.17, 15) is 8.78 Å². The van der Waals surface area contributed by atoms with Crippen LogP contribution in [0, 0.1) is 18.6 Å². The quantitative estimate of drug-likeness (QED) is 0.801. The lowest BCUT2D eigenvalue weighted by Gasteiger charge is -2.11. The molecule has 1 heterocycles. The number of hydrogen-bond donors (Lipinski definition) is 1. The third kappa shape index (κ3) is 1.86. The molecule has 3 rings (SSSR count). The Kier molecular flexibility index (Phi) is 2.54. The zero-order valence-corrected chi connectivity index (χ0v) is 10.0. The molecule has 3 heteroatoms. The fraction of sp³-hybridized carbons (Fsp3) is 0.200. The first-order valence-electron chi connectivity index (χ1n) is 5.94. The Bertz CT molecular complexity index is 607. The third-order valence-corrected chi connectivity index (χ3v) is 3.36. The molecular weight excluding hydrogens is 232 g/mol. The summed E-state index contributed by atoms with van der Waals surface area (Å²) in [6.07, 6.45) is 0.808. The molecule has 0 aliphatic carbocycles. The molecule has 1 N–H and O–H groups in total. The highest BCUT2D eigenvalue weighted by Gasteiger charge is 2.22. The summed E-state index contributed by atoms with van der Waals surface area (Å²) < 4.78 is 26.1. The van der Waals surface area contributed by atoms with E-state index in [0.717, 1.165) is 17.7 Å². The van der Waals surface area contributed by atoms with E-state index in [1.165, 1.54) is 23.3 Å². The van der Waals surface area contributed by atoms with Crippen molar-refractivity contribution in [2.45, 2.75) is 19.4 Å². The van der Waals surface area contributed by atoms with Crippen molar-refractivity contribution < 1.29 is 8.78 Å². The second-order valence-electron chi connectivity index (χ2n) is 4.74. The zero-order chi connectivity index (χ0) is 12.7. The molecule has 0 saturated carbocycles. The summed E-state index contributed by atoms with van der Waals surface area (Å²) >= 11 is 0. The van der Waals surface area contributed by atoms with E-state index in [1.807, 2.05) is 19.1 Å². The Labute approximate surface area is 104 Å². The van der Waals surface area contributed by atoms with Gasteiger partial charge in [0.05, 0.1) is 6.04 Å². The van der Waals surface area contributed by atoms with Gasteiger partial charge in [-0.15, -0.1) is 0 Å². The molecule has 1 aliphatic rings. The van der Waals surface area contributed by atoms with Gasteiger partial charge in [0, 0.05) is 5.69 Å². The Morgan fingerprint density at radius 1 is 1.06 bits per heavy atom. The second-order valence-corrected chi connectivity index (χ2v) is 4.74. The van der Waals surface area contributed by atoms with E-state index in [4.69, 9.17) is 0 Å². The van der Waals surface area contributed by atoms with Crippen LogP contribution in [-0.2, 0) is 6.42 Å². The SMILES string of the molecule is Cc1ccc2c(c1)CC(c1ccc(F)c(F)c1)N2. The molecule has 1 nitrogen and oxygen atoms in total. The van der Waals surface area contributed by atoms with Gasteiger partial charge in [-0.05, 0) is 42.7 Å². The first-order chi connectivity index (χ1) is 8.63. The maximum atomic E-state index is 13.2. The molecule has 1 atom stereocenters. The van der Waals surface area contributed by atoms with Crippen molar-refractivity contribution in [3.63, 3.8) is 0 Å². The summed E-state index contributed by atoms with van der Waals surface area (Å²) in [6, 6.07) is 10.3. The highest BCUT2D eigenvalue weighted by Crippen LogP contribution is 2.34. The van der Waals surface area contributed by atoms with Crippen LogP contribution in [0.25, 0.3) is 0 Å². The minimum absolute atomic E-state index is 0.0249. The second kappa shape index (κ2) is 4.09. The standard InChI is InChI=1S/C15H13F2N/c1-9-2-5-14-11(6-9)8-15(18-14)10-3-4-12(16)13(17)7-10/h2-7,15,18H,8H2,1H3. The number of nitrogens with one attached hydrogen (secondary N) is 1. The molecule has 1 unspecified atom stereocenters. The van der Waals surface area contributed by atoms with Crippen LogP contribution < -0.4 is 5.32 Å². The third-order valence-electron chi connectivity index (χ3n) is 3.36. The Balaban J connectivity index is 1.91. The average molecular weight is 245 g/mol. The molecule has 0 bridgehead atoms. The number of benzene rings is 2. The number of rotatable bonds is 1. The monoisotopic (exact) mass is 245 g/mol. The fourth-order valence-corrected chi connectivity index (χ4v) is 2.42. The normalized spacial score (nSPS) is 17.4. The first kappa shape index (κ1) is 11.2. The van der Waals surface area contributed by atoms with Gasteiger partial charge in [0.2, 0.25) is 0 Å². The predicted molar refractivity (Wildman–Crippen MR) is 67.6 cm³/mol. The molecule has 18 heavy (non-hydrogen) atoms. The highest BCUT2D eigenvalue weighted by molar-refractivity contribution is 5.59. The van der Waals surface area contributed by atoms with Gasteiger partial charge >= 0.3 is 0 Å². The van der Waals surface area contributed by atoms with E-state index in [-0.39, 0.29) is 6.04 Å². The maximum Gasteiger partial charge on any atom is 0.159 e. The van der Waals surface area contributed by atoms with E-state index >= 15 is 0 Å². The van der Waals surface area contributed by atoms with Gasteiger partial charge in [0.15, 0.2) is 11.6 Å². The number of hydrogen-bond acceptors (Lipinski definition) is 1. The van der Waals surface area contributed by atoms with Gasteiger partial charge in [-0.2, -0.15) is 0 Å². The summed E-state index contributed by atoms with van der Waals surface area (Å²) in [5.41, 5.74) is 4.30. The maximum absolute atomic E-state index is 13.2. The largest absolute Gasteiger partial charge is 0.378 e. The van der Waals surface area contributed by atoms with Crippen LogP contribution >= 0.6 is 0 Å². The summed E-state index contributed by atoms with van der Waals surface area (Å²) in [6.45, 7) is 2.05. The van der Waals surface area contributed by atoms with Crippen LogP contribution in [0.5, 0.6) is 0 Å². The lowest BCUT2D eigenvalue weighted by Crippen LogP contribution is -2.06. The Morgan fingerprint density at radius 3 is 2.67 bits per heavy atom. The molecule has 2 aromatic carbocycles. The molecule has 0 spiro atoms. The van der Waals surface area contributed by atoms with Gasteiger partial charge in [-0.25, -0.2) is 8.78 Å². The number of fused-ring (bicyclic) bond motifs is 1. The van der Waals surface area contributed by atoms with Gasteiger partial charge in [-0.1, -0.05) is 23.8 Å². The van der Waals surface area contributed by atoms with Crippen molar-refractivity contribution in [3.05, 3.63) is 64.7 Å². The van der Waals surface area contributed by atoms with Gasteiger partial charge in [-0.3, -0.25) is 0 Å². The van der Waals surface area contributed by atoms with Crippen molar-refractivity contribution in [1.29, 1.82) is 0 Å².